The third-order valence-electron chi connectivity index (χ3n) is 3.44. The molecule has 0 aliphatic heterocycles. The van der Waals surface area contributed by atoms with Gasteiger partial charge in [-0.2, -0.15) is 0 Å². The molecule has 0 saturated carbocycles. The van der Waals surface area contributed by atoms with Gasteiger partial charge in [-0.25, -0.2) is 0 Å². The van der Waals surface area contributed by atoms with E-state index in [4.69, 9.17) is 0 Å². The molecule has 1 aromatic carbocycles. The van der Waals surface area contributed by atoms with Crippen LogP contribution in [0.2, 0.25) is 0 Å². The van der Waals surface area contributed by atoms with E-state index in [9.17, 15) is 9.59 Å². The fourth-order valence-electron chi connectivity index (χ4n) is 2.10. The Labute approximate surface area is 145 Å². The summed E-state index contributed by atoms with van der Waals surface area (Å²) < 4.78 is 0. The molecule has 0 atom stereocenters. The molecule has 0 radical (unpaired) electrons. The lowest BCUT2D eigenvalue weighted by Gasteiger charge is -2.04. The molecule has 1 heterocycles. The van der Waals surface area contributed by atoms with Crippen LogP contribution in [-0.4, -0.2) is 22.0 Å². The number of hydrogen-bond donors (Lipinski definition) is 2. The molecule has 0 fully saturated rings. The van der Waals surface area contributed by atoms with E-state index in [1.807, 2.05) is 12.1 Å². The summed E-state index contributed by atoms with van der Waals surface area (Å²) in [6.07, 6.45) is 4.33. The number of carbonyl (C=O) groups is 2. The molecular weight excluding hydrogens is 324 g/mol. The predicted molar refractivity (Wildman–Crippen MR) is 95.1 cm³/mol. The van der Waals surface area contributed by atoms with Gasteiger partial charge in [0.15, 0.2) is 0 Å². The first kappa shape index (κ1) is 18.1. The van der Waals surface area contributed by atoms with Gasteiger partial charge in [0.25, 0.3) is 5.91 Å². The molecule has 0 saturated heterocycles. The van der Waals surface area contributed by atoms with Gasteiger partial charge in [0, 0.05) is 25.5 Å². The highest BCUT2D eigenvalue weighted by Crippen LogP contribution is 2.18. The van der Waals surface area contributed by atoms with Crippen LogP contribution < -0.4 is 10.6 Å². The fourth-order valence-corrected chi connectivity index (χ4v) is 2.88. The molecule has 0 bridgehead atoms. The van der Waals surface area contributed by atoms with Gasteiger partial charge < -0.3 is 5.32 Å². The van der Waals surface area contributed by atoms with Gasteiger partial charge in [0.1, 0.15) is 5.01 Å². The van der Waals surface area contributed by atoms with Crippen LogP contribution >= 0.6 is 11.3 Å². The highest BCUT2D eigenvalue weighted by atomic mass is 32.1. The summed E-state index contributed by atoms with van der Waals surface area (Å²) in [6.45, 7) is 4.09. The standard InChI is InChI=1S/C17H22N4O2S/c1-3-4-5-6-15-20-21-17(24-15)19-16(23)14-9-7-13(8-10-14)11-18-12(2)22/h7-10H,3-6,11H2,1-2H3,(H,18,22)(H,19,21,23). The van der Waals surface area contributed by atoms with Crippen molar-refractivity contribution in [1.29, 1.82) is 0 Å². The molecule has 7 heteroatoms. The highest BCUT2D eigenvalue weighted by Gasteiger charge is 2.10. The maximum Gasteiger partial charge on any atom is 0.257 e. The minimum Gasteiger partial charge on any atom is -0.352 e. The van der Waals surface area contributed by atoms with Gasteiger partial charge in [-0.3, -0.25) is 14.9 Å². The molecule has 128 valence electrons. The number of nitrogens with one attached hydrogen (secondary N) is 2. The van der Waals surface area contributed by atoms with Gasteiger partial charge in [-0.05, 0) is 24.1 Å². The Bertz CT molecular complexity index is 682. The van der Waals surface area contributed by atoms with Crippen molar-refractivity contribution in [1.82, 2.24) is 15.5 Å². The predicted octanol–water partition coefficient (Wildman–Crippen LogP) is 3.16. The van der Waals surface area contributed by atoms with Crippen LogP contribution in [0.15, 0.2) is 24.3 Å². The van der Waals surface area contributed by atoms with Gasteiger partial charge in [0.2, 0.25) is 11.0 Å². The van der Waals surface area contributed by atoms with Crippen molar-refractivity contribution in [2.75, 3.05) is 5.32 Å². The summed E-state index contributed by atoms with van der Waals surface area (Å²) in [5.41, 5.74) is 1.49. The van der Waals surface area contributed by atoms with E-state index in [1.54, 1.807) is 12.1 Å². The third kappa shape index (κ3) is 5.73. The van der Waals surface area contributed by atoms with Crippen LogP contribution in [0.3, 0.4) is 0 Å². The second-order valence-electron chi connectivity index (χ2n) is 5.52. The second kappa shape index (κ2) is 9.12. The van der Waals surface area contributed by atoms with Crippen LogP contribution in [0.5, 0.6) is 0 Å². The number of hydrogen-bond acceptors (Lipinski definition) is 5. The molecular formula is C17H22N4O2S. The van der Waals surface area contributed by atoms with Crippen molar-refractivity contribution >= 4 is 28.3 Å². The van der Waals surface area contributed by atoms with E-state index in [2.05, 4.69) is 27.8 Å². The molecule has 0 unspecified atom stereocenters. The minimum absolute atomic E-state index is 0.0807. The van der Waals surface area contributed by atoms with E-state index in [1.165, 1.54) is 31.1 Å². The second-order valence-corrected chi connectivity index (χ2v) is 6.58. The topological polar surface area (TPSA) is 84.0 Å². The summed E-state index contributed by atoms with van der Waals surface area (Å²) in [4.78, 5) is 23.1. The van der Waals surface area contributed by atoms with E-state index >= 15 is 0 Å². The number of amides is 2. The van der Waals surface area contributed by atoms with E-state index < -0.39 is 0 Å². The number of nitrogens with zero attached hydrogens (tertiary/aromatic N) is 2. The van der Waals surface area contributed by atoms with Crippen LogP contribution in [0, 0.1) is 0 Å². The van der Waals surface area contributed by atoms with Crippen molar-refractivity contribution in [3.63, 3.8) is 0 Å². The summed E-state index contributed by atoms with van der Waals surface area (Å²) >= 11 is 1.42. The number of aryl methyl sites for hydroxylation is 1. The first-order valence-corrected chi connectivity index (χ1v) is 8.87. The van der Waals surface area contributed by atoms with Crippen LogP contribution in [0.4, 0.5) is 5.13 Å². The van der Waals surface area contributed by atoms with Gasteiger partial charge in [-0.1, -0.05) is 43.2 Å². The first-order chi connectivity index (χ1) is 11.6. The Balaban J connectivity index is 1.88. The van der Waals surface area contributed by atoms with E-state index in [-0.39, 0.29) is 11.8 Å². The number of rotatable bonds is 8. The normalized spacial score (nSPS) is 10.4. The number of carbonyl (C=O) groups excluding carboxylic acids is 2. The van der Waals surface area contributed by atoms with Gasteiger partial charge >= 0.3 is 0 Å². The lowest BCUT2D eigenvalue weighted by atomic mass is 10.1. The smallest absolute Gasteiger partial charge is 0.257 e. The SMILES string of the molecule is CCCCCc1nnc(NC(=O)c2ccc(CNC(C)=O)cc2)s1. The van der Waals surface area contributed by atoms with Crippen LogP contribution in [0.25, 0.3) is 0 Å². The fraction of sp³-hybridized carbons (Fsp3) is 0.412. The Morgan fingerprint density at radius 1 is 1.12 bits per heavy atom. The molecule has 0 spiro atoms. The Morgan fingerprint density at radius 2 is 1.88 bits per heavy atom. The molecule has 1 aromatic heterocycles. The third-order valence-corrected chi connectivity index (χ3v) is 4.34. The van der Waals surface area contributed by atoms with Crippen molar-refractivity contribution in [3.05, 3.63) is 40.4 Å². The first-order valence-electron chi connectivity index (χ1n) is 8.05. The number of anilines is 1. The summed E-state index contributed by atoms with van der Waals surface area (Å²) in [7, 11) is 0. The van der Waals surface area contributed by atoms with Crippen molar-refractivity contribution in [2.24, 2.45) is 0 Å². The lowest BCUT2D eigenvalue weighted by Crippen LogP contribution is -2.19. The van der Waals surface area contributed by atoms with Crippen molar-refractivity contribution < 1.29 is 9.59 Å². The molecule has 2 aromatic rings. The largest absolute Gasteiger partial charge is 0.352 e. The maximum absolute atomic E-state index is 12.2. The Hall–Kier alpha value is -2.28. The Kier molecular flexibility index (Phi) is 6.87. The Morgan fingerprint density at radius 3 is 2.54 bits per heavy atom. The molecule has 2 rings (SSSR count). The molecule has 0 aliphatic carbocycles. The molecule has 0 aliphatic rings. The molecule has 2 N–H and O–H groups in total. The van der Waals surface area contributed by atoms with Gasteiger partial charge in [0.05, 0.1) is 0 Å². The average Bonchev–Trinajstić information content (AvgIpc) is 3.01. The summed E-state index contributed by atoms with van der Waals surface area (Å²) in [5.74, 6) is -0.292. The highest BCUT2D eigenvalue weighted by molar-refractivity contribution is 7.15. The summed E-state index contributed by atoms with van der Waals surface area (Å²) in [6, 6.07) is 7.10. The van der Waals surface area contributed by atoms with E-state index in [0.717, 1.165) is 23.4 Å². The minimum atomic E-state index is -0.211. The van der Waals surface area contributed by atoms with Crippen molar-refractivity contribution in [2.45, 2.75) is 46.1 Å². The quantitative estimate of drug-likeness (QED) is 0.719. The van der Waals surface area contributed by atoms with Crippen LogP contribution in [0.1, 0.15) is 54.0 Å². The lowest BCUT2D eigenvalue weighted by molar-refractivity contribution is -0.119. The monoisotopic (exact) mass is 346 g/mol. The molecule has 24 heavy (non-hydrogen) atoms. The zero-order chi connectivity index (χ0) is 17.4. The molecule has 6 nitrogen and oxygen atoms in total. The zero-order valence-electron chi connectivity index (χ0n) is 14.0. The van der Waals surface area contributed by atoms with Crippen molar-refractivity contribution in [3.8, 4) is 0 Å². The zero-order valence-corrected chi connectivity index (χ0v) is 14.8. The van der Waals surface area contributed by atoms with E-state index in [0.29, 0.717) is 17.2 Å². The van der Waals surface area contributed by atoms with Crippen LogP contribution in [-0.2, 0) is 17.8 Å². The van der Waals surface area contributed by atoms with Gasteiger partial charge in [-0.15, -0.1) is 10.2 Å². The number of unbranched alkanes of at least 4 members (excludes halogenated alkanes) is 2. The average molecular weight is 346 g/mol. The number of benzene rings is 1. The number of aromatic nitrogens is 2. The maximum atomic E-state index is 12.2. The summed E-state index contributed by atoms with van der Waals surface area (Å²) in [5, 5.41) is 15.1. The molecule has 2 amide bonds.